The summed E-state index contributed by atoms with van der Waals surface area (Å²) in [7, 11) is 0. The minimum atomic E-state index is -0.00320. The lowest BCUT2D eigenvalue weighted by Crippen LogP contribution is -2.43. The van der Waals surface area contributed by atoms with Gasteiger partial charge in [0.2, 0.25) is 0 Å². The highest BCUT2D eigenvalue weighted by molar-refractivity contribution is 6.01. The number of carbonyl (C=O) groups is 2. The Balaban J connectivity index is 1.60. The van der Waals surface area contributed by atoms with E-state index in [4.69, 9.17) is 4.74 Å². The minimum absolute atomic E-state index is 0.00320. The average Bonchev–Trinajstić information content (AvgIpc) is 3.18. The number of amides is 1. The minimum Gasteiger partial charge on any atom is -0.376 e. The Morgan fingerprint density at radius 1 is 1.32 bits per heavy atom. The van der Waals surface area contributed by atoms with Crippen LogP contribution >= 0.6 is 0 Å². The molecule has 0 bridgehead atoms. The molecule has 2 fully saturated rings. The van der Waals surface area contributed by atoms with Crippen LogP contribution in [0.15, 0.2) is 12.3 Å². The van der Waals surface area contributed by atoms with E-state index in [1.54, 1.807) is 12.3 Å². The molecule has 0 aromatic carbocycles. The summed E-state index contributed by atoms with van der Waals surface area (Å²) in [5.41, 5.74) is 1.10. The van der Waals surface area contributed by atoms with E-state index in [2.05, 4.69) is 9.88 Å². The first-order valence-electron chi connectivity index (χ1n) is 7.98. The first-order valence-corrected chi connectivity index (χ1v) is 7.98. The molecule has 1 aromatic heterocycles. The zero-order chi connectivity index (χ0) is 15.5. The molecule has 6 heteroatoms. The second kappa shape index (κ2) is 6.62. The first kappa shape index (κ1) is 15.2. The van der Waals surface area contributed by atoms with Gasteiger partial charge in [0.05, 0.1) is 19.3 Å². The highest BCUT2D eigenvalue weighted by Gasteiger charge is 2.23. The van der Waals surface area contributed by atoms with Crippen molar-refractivity contribution in [1.82, 2.24) is 14.8 Å². The molecule has 6 nitrogen and oxygen atoms in total. The SMILES string of the molecule is C[C@@H]1CN(CC(=O)c2c[nH]c(C(=O)N3CCCC3)c2)CCO1. The number of morpholine rings is 1. The Kier molecular flexibility index (Phi) is 4.59. The average molecular weight is 305 g/mol. The van der Waals surface area contributed by atoms with Crippen molar-refractivity contribution in [2.45, 2.75) is 25.9 Å². The zero-order valence-electron chi connectivity index (χ0n) is 13.0. The first-order chi connectivity index (χ1) is 10.6. The summed E-state index contributed by atoms with van der Waals surface area (Å²) in [4.78, 5) is 31.5. The van der Waals surface area contributed by atoms with Crippen molar-refractivity contribution < 1.29 is 14.3 Å². The van der Waals surface area contributed by atoms with Gasteiger partial charge in [0.25, 0.3) is 5.91 Å². The van der Waals surface area contributed by atoms with Crippen LogP contribution in [0.5, 0.6) is 0 Å². The number of rotatable bonds is 4. The van der Waals surface area contributed by atoms with E-state index in [1.165, 1.54) is 0 Å². The number of aromatic nitrogens is 1. The van der Waals surface area contributed by atoms with Crippen LogP contribution in [-0.2, 0) is 4.74 Å². The summed E-state index contributed by atoms with van der Waals surface area (Å²) in [6.07, 6.45) is 3.94. The van der Waals surface area contributed by atoms with Gasteiger partial charge in [-0.15, -0.1) is 0 Å². The number of H-pyrrole nitrogens is 1. The summed E-state index contributed by atoms with van der Waals surface area (Å²) < 4.78 is 5.48. The number of likely N-dealkylation sites (tertiary alicyclic amines) is 1. The Morgan fingerprint density at radius 3 is 2.82 bits per heavy atom. The second-order valence-electron chi connectivity index (χ2n) is 6.14. The van der Waals surface area contributed by atoms with Gasteiger partial charge in [0.1, 0.15) is 5.69 Å². The Morgan fingerprint density at radius 2 is 2.09 bits per heavy atom. The predicted octanol–water partition coefficient (Wildman–Crippen LogP) is 1.15. The number of Topliss-reactive ketones (excluding diaryl/α,β-unsaturated/α-hetero) is 1. The van der Waals surface area contributed by atoms with Crippen LogP contribution in [0, 0.1) is 0 Å². The lowest BCUT2D eigenvalue weighted by molar-refractivity contribution is -0.0158. The van der Waals surface area contributed by atoms with E-state index in [0.717, 1.165) is 39.0 Å². The van der Waals surface area contributed by atoms with Crippen LogP contribution in [0.2, 0.25) is 0 Å². The largest absolute Gasteiger partial charge is 0.376 e. The molecule has 22 heavy (non-hydrogen) atoms. The summed E-state index contributed by atoms with van der Waals surface area (Å²) in [5, 5.41) is 0. The number of nitrogens with one attached hydrogen (secondary N) is 1. The second-order valence-corrected chi connectivity index (χ2v) is 6.14. The maximum absolute atomic E-state index is 12.3. The van der Waals surface area contributed by atoms with Crippen molar-refractivity contribution in [3.63, 3.8) is 0 Å². The quantitative estimate of drug-likeness (QED) is 0.848. The van der Waals surface area contributed by atoms with Gasteiger partial charge < -0.3 is 14.6 Å². The topological polar surface area (TPSA) is 65.6 Å². The third-order valence-corrected chi connectivity index (χ3v) is 4.32. The van der Waals surface area contributed by atoms with Crippen molar-refractivity contribution in [3.05, 3.63) is 23.5 Å². The molecule has 0 saturated carbocycles. The highest BCUT2D eigenvalue weighted by atomic mass is 16.5. The van der Waals surface area contributed by atoms with Gasteiger partial charge in [0, 0.05) is 37.9 Å². The van der Waals surface area contributed by atoms with Gasteiger partial charge in [-0.25, -0.2) is 0 Å². The molecule has 0 unspecified atom stereocenters. The van der Waals surface area contributed by atoms with E-state index < -0.39 is 0 Å². The van der Waals surface area contributed by atoms with Gasteiger partial charge in [-0.05, 0) is 25.8 Å². The van der Waals surface area contributed by atoms with E-state index in [-0.39, 0.29) is 17.8 Å². The lowest BCUT2D eigenvalue weighted by Gasteiger charge is -2.30. The number of nitrogens with zero attached hydrogens (tertiary/aromatic N) is 2. The highest BCUT2D eigenvalue weighted by Crippen LogP contribution is 2.14. The molecule has 1 N–H and O–H groups in total. The zero-order valence-corrected chi connectivity index (χ0v) is 13.0. The van der Waals surface area contributed by atoms with Crippen LogP contribution < -0.4 is 0 Å². The van der Waals surface area contributed by atoms with Crippen LogP contribution in [0.1, 0.15) is 40.6 Å². The van der Waals surface area contributed by atoms with Gasteiger partial charge >= 0.3 is 0 Å². The molecule has 2 saturated heterocycles. The third-order valence-electron chi connectivity index (χ3n) is 4.32. The molecule has 120 valence electrons. The summed E-state index contributed by atoms with van der Waals surface area (Å²) >= 11 is 0. The number of hydrogen-bond acceptors (Lipinski definition) is 4. The molecule has 2 aliphatic rings. The molecule has 0 aliphatic carbocycles. The number of carbonyl (C=O) groups excluding carboxylic acids is 2. The fourth-order valence-electron chi connectivity index (χ4n) is 3.10. The van der Waals surface area contributed by atoms with Gasteiger partial charge in [0.15, 0.2) is 5.78 Å². The normalized spacial score (nSPS) is 23.0. The Hall–Kier alpha value is -1.66. The molecule has 1 atom stereocenters. The Bertz CT molecular complexity index is 549. The van der Waals surface area contributed by atoms with Crippen molar-refractivity contribution in [2.24, 2.45) is 0 Å². The maximum atomic E-state index is 12.3. The van der Waals surface area contributed by atoms with Crippen LogP contribution in [0.3, 0.4) is 0 Å². The van der Waals surface area contributed by atoms with Crippen molar-refractivity contribution in [3.8, 4) is 0 Å². The number of hydrogen-bond donors (Lipinski definition) is 1. The molecule has 3 rings (SSSR count). The van der Waals surface area contributed by atoms with Gasteiger partial charge in [-0.1, -0.05) is 0 Å². The third kappa shape index (κ3) is 3.39. The fourth-order valence-corrected chi connectivity index (χ4v) is 3.10. The predicted molar refractivity (Wildman–Crippen MR) is 82.1 cm³/mol. The van der Waals surface area contributed by atoms with Crippen molar-refractivity contribution >= 4 is 11.7 Å². The van der Waals surface area contributed by atoms with Gasteiger partial charge in [-0.3, -0.25) is 14.5 Å². The smallest absolute Gasteiger partial charge is 0.270 e. The molecule has 2 aliphatic heterocycles. The summed E-state index contributed by atoms with van der Waals surface area (Å²) in [5.74, 6) is 0.0439. The molecule has 0 spiro atoms. The summed E-state index contributed by atoms with van der Waals surface area (Å²) in [6.45, 7) is 6.23. The fraction of sp³-hybridized carbons (Fsp3) is 0.625. The molecular weight excluding hydrogens is 282 g/mol. The van der Waals surface area contributed by atoms with E-state index in [0.29, 0.717) is 24.4 Å². The van der Waals surface area contributed by atoms with Gasteiger partial charge in [-0.2, -0.15) is 0 Å². The van der Waals surface area contributed by atoms with E-state index >= 15 is 0 Å². The van der Waals surface area contributed by atoms with Crippen LogP contribution in [0.25, 0.3) is 0 Å². The van der Waals surface area contributed by atoms with Crippen LogP contribution in [0.4, 0.5) is 0 Å². The summed E-state index contributed by atoms with van der Waals surface area (Å²) in [6, 6.07) is 1.69. The molecule has 1 aromatic rings. The lowest BCUT2D eigenvalue weighted by atomic mass is 10.2. The number of aromatic amines is 1. The molecule has 3 heterocycles. The molecule has 0 radical (unpaired) electrons. The van der Waals surface area contributed by atoms with E-state index in [1.807, 2.05) is 11.8 Å². The monoisotopic (exact) mass is 305 g/mol. The molecular formula is C16H23N3O3. The maximum Gasteiger partial charge on any atom is 0.270 e. The van der Waals surface area contributed by atoms with Crippen molar-refractivity contribution in [2.75, 3.05) is 39.3 Å². The standard InChI is InChI=1S/C16H23N3O3/c1-12-10-18(6-7-22-12)11-15(20)13-8-14(17-9-13)16(21)19-4-2-3-5-19/h8-9,12,17H,2-7,10-11H2,1H3/t12-/m1/s1. The molecule has 1 amide bonds. The number of ketones is 1. The van der Waals surface area contributed by atoms with Crippen LogP contribution in [-0.4, -0.2) is 71.9 Å². The van der Waals surface area contributed by atoms with E-state index in [9.17, 15) is 9.59 Å². The van der Waals surface area contributed by atoms with Crippen molar-refractivity contribution in [1.29, 1.82) is 0 Å². The Labute approximate surface area is 130 Å². The number of ether oxygens (including phenoxy) is 1.